The van der Waals surface area contributed by atoms with Gasteiger partial charge in [0.1, 0.15) is 6.61 Å². The fourth-order valence-corrected chi connectivity index (χ4v) is 3.36. The van der Waals surface area contributed by atoms with Gasteiger partial charge in [-0.1, -0.05) is 23.7 Å². The largest absolute Gasteiger partial charge is 0.480 e. The van der Waals surface area contributed by atoms with Crippen LogP contribution in [0.5, 0.6) is 5.88 Å². The first kappa shape index (κ1) is 19.9. The number of carbonyl (C=O) groups excluding carboxylic acids is 2. The van der Waals surface area contributed by atoms with Crippen molar-refractivity contribution in [2.45, 2.75) is 12.6 Å². The molecule has 1 aromatic heterocycles. The topological polar surface area (TPSA) is 109 Å². The second-order valence-corrected chi connectivity index (χ2v) is 7.06. The monoisotopic (exact) mass is 430 g/mol. The molecule has 4 rings (SSSR count). The van der Waals surface area contributed by atoms with Crippen molar-refractivity contribution in [1.29, 1.82) is 0 Å². The third-order valence-electron chi connectivity index (χ3n) is 4.76. The summed E-state index contributed by atoms with van der Waals surface area (Å²) in [6.45, 7) is 1.14. The second-order valence-electron chi connectivity index (χ2n) is 6.62. The van der Waals surface area contributed by atoms with Crippen molar-refractivity contribution in [2.75, 3.05) is 26.8 Å². The van der Waals surface area contributed by atoms with Crippen LogP contribution in [0.15, 0.2) is 41.5 Å². The Labute approximate surface area is 177 Å². The van der Waals surface area contributed by atoms with Gasteiger partial charge in [-0.3, -0.25) is 4.90 Å². The number of benzene rings is 1. The molecule has 1 saturated heterocycles. The molecule has 1 N–H and O–H groups in total. The number of hydrogen-bond donors (Lipinski definition) is 1. The summed E-state index contributed by atoms with van der Waals surface area (Å²) in [7, 11) is 1.50. The van der Waals surface area contributed by atoms with Gasteiger partial charge < -0.3 is 14.8 Å². The Hall–Kier alpha value is -3.40. The summed E-state index contributed by atoms with van der Waals surface area (Å²) in [6.07, 6.45) is -0.419. The Kier molecular flexibility index (Phi) is 5.66. The SMILES string of the molecule is COc1ccc(CNC(=O)N2CC(N3CCOC3=O)C(c3ccc(Cl)cc3)=N2)nn1. The standard InChI is InChI=1S/C19H19ClN6O4/c1-29-16-7-6-14(22-23-16)10-21-18(27)26-11-15(25-8-9-30-19(25)28)17(24-26)12-2-4-13(20)5-3-12/h2-7,15H,8-11H2,1H3,(H,21,27). The number of ether oxygens (including phenoxy) is 2. The van der Waals surface area contributed by atoms with Crippen molar-refractivity contribution >= 4 is 29.4 Å². The molecule has 3 heterocycles. The fraction of sp³-hybridized carbons (Fsp3) is 0.316. The molecule has 1 atom stereocenters. The van der Waals surface area contributed by atoms with E-state index in [1.807, 2.05) is 12.1 Å². The molecule has 30 heavy (non-hydrogen) atoms. The number of nitrogens with zero attached hydrogens (tertiary/aromatic N) is 5. The van der Waals surface area contributed by atoms with Crippen LogP contribution in [0.25, 0.3) is 0 Å². The van der Waals surface area contributed by atoms with Gasteiger partial charge in [0.25, 0.3) is 0 Å². The minimum Gasteiger partial charge on any atom is -0.480 e. The Morgan fingerprint density at radius 1 is 1.27 bits per heavy atom. The van der Waals surface area contributed by atoms with Crippen molar-refractivity contribution in [3.05, 3.63) is 52.7 Å². The molecule has 0 spiro atoms. The molecule has 3 amide bonds. The van der Waals surface area contributed by atoms with E-state index < -0.39 is 18.2 Å². The van der Waals surface area contributed by atoms with Crippen LogP contribution >= 0.6 is 11.6 Å². The summed E-state index contributed by atoms with van der Waals surface area (Å²) in [4.78, 5) is 26.4. The fourth-order valence-electron chi connectivity index (χ4n) is 3.23. The molecule has 11 heteroatoms. The predicted octanol–water partition coefficient (Wildman–Crippen LogP) is 1.89. The quantitative estimate of drug-likeness (QED) is 0.775. The van der Waals surface area contributed by atoms with E-state index in [2.05, 4.69) is 20.6 Å². The number of nitrogens with one attached hydrogen (secondary N) is 1. The highest BCUT2D eigenvalue weighted by Gasteiger charge is 2.40. The lowest BCUT2D eigenvalue weighted by atomic mass is 10.0. The molecule has 0 aliphatic carbocycles. The predicted molar refractivity (Wildman–Crippen MR) is 107 cm³/mol. The molecular weight excluding hydrogens is 412 g/mol. The van der Waals surface area contributed by atoms with Crippen LogP contribution in [0.1, 0.15) is 11.3 Å². The maximum Gasteiger partial charge on any atom is 0.410 e. The van der Waals surface area contributed by atoms with Crippen LogP contribution < -0.4 is 10.1 Å². The molecule has 0 radical (unpaired) electrons. The van der Waals surface area contributed by atoms with Crippen molar-refractivity contribution in [3.8, 4) is 5.88 Å². The molecule has 1 fully saturated rings. The third kappa shape index (κ3) is 4.13. The van der Waals surface area contributed by atoms with Gasteiger partial charge in [-0.25, -0.2) is 14.6 Å². The van der Waals surface area contributed by atoms with Crippen molar-refractivity contribution < 1.29 is 19.1 Å². The van der Waals surface area contributed by atoms with E-state index in [0.29, 0.717) is 35.5 Å². The molecule has 2 aliphatic heterocycles. The molecule has 1 unspecified atom stereocenters. The maximum atomic E-state index is 12.7. The van der Waals surface area contributed by atoms with E-state index >= 15 is 0 Å². The highest BCUT2D eigenvalue weighted by molar-refractivity contribution is 6.30. The number of rotatable bonds is 5. The van der Waals surface area contributed by atoms with Gasteiger partial charge in [-0.05, 0) is 18.2 Å². The number of urea groups is 1. The molecule has 0 saturated carbocycles. The molecule has 1 aromatic carbocycles. The van der Waals surface area contributed by atoms with Crippen molar-refractivity contribution in [1.82, 2.24) is 25.4 Å². The molecule has 10 nitrogen and oxygen atoms in total. The lowest BCUT2D eigenvalue weighted by Crippen LogP contribution is -2.45. The number of hydrogen-bond acceptors (Lipinski definition) is 7. The van der Waals surface area contributed by atoms with Crippen LogP contribution in [0.2, 0.25) is 5.02 Å². The Morgan fingerprint density at radius 2 is 2.07 bits per heavy atom. The minimum atomic E-state index is -0.419. The number of halogens is 1. The number of cyclic esters (lactones) is 1. The molecule has 2 aliphatic rings. The summed E-state index contributed by atoms with van der Waals surface area (Å²) in [6, 6.07) is 9.65. The molecular formula is C19H19ClN6O4. The average molecular weight is 431 g/mol. The summed E-state index contributed by atoms with van der Waals surface area (Å²) >= 11 is 5.98. The zero-order valence-electron chi connectivity index (χ0n) is 16.1. The first-order valence-electron chi connectivity index (χ1n) is 9.25. The Morgan fingerprint density at radius 3 is 2.70 bits per heavy atom. The number of amides is 3. The van der Waals surface area contributed by atoms with Crippen LogP contribution in [-0.4, -0.2) is 70.8 Å². The average Bonchev–Trinajstić information content (AvgIpc) is 3.39. The van der Waals surface area contributed by atoms with E-state index in [1.54, 1.807) is 29.2 Å². The Balaban J connectivity index is 1.50. The summed E-state index contributed by atoms with van der Waals surface area (Å²) < 4.78 is 10.0. The van der Waals surface area contributed by atoms with E-state index in [0.717, 1.165) is 5.56 Å². The number of hydrazone groups is 1. The van der Waals surface area contributed by atoms with E-state index in [-0.39, 0.29) is 13.1 Å². The minimum absolute atomic E-state index is 0.175. The van der Waals surface area contributed by atoms with Gasteiger partial charge in [0.15, 0.2) is 0 Å². The van der Waals surface area contributed by atoms with Gasteiger partial charge in [0.2, 0.25) is 5.88 Å². The normalized spacial score (nSPS) is 18.3. The van der Waals surface area contributed by atoms with Gasteiger partial charge >= 0.3 is 12.1 Å². The van der Waals surface area contributed by atoms with Crippen LogP contribution in [0.3, 0.4) is 0 Å². The summed E-state index contributed by atoms with van der Waals surface area (Å²) in [5, 5.41) is 17.0. The van der Waals surface area contributed by atoms with E-state index in [4.69, 9.17) is 21.1 Å². The first-order valence-corrected chi connectivity index (χ1v) is 9.63. The van der Waals surface area contributed by atoms with E-state index in [1.165, 1.54) is 12.1 Å². The van der Waals surface area contributed by atoms with Gasteiger partial charge in [0.05, 0.1) is 44.2 Å². The molecule has 156 valence electrons. The molecule has 0 bridgehead atoms. The number of carbonyl (C=O) groups is 2. The third-order valence-corrected chi connectivity index (χ3v) is 5.01. The van der Waals surface area contributed by atoms with E-state index in [9.17, 15) is 9.59 Å². The van der Waals surface area contributed by atoms with Gasteiger partial charge in [-0.15, -0.1) is 5.10 Å². The van der Waals surface area contributed by atoms with Crippen LogP contribution in [0, 0.1) is 0 Å². The summed E-state index contributed by atoms with van der Waals surface area (Å²) in [5.41, 5.74) is 1.95. The second kappa shape index (κ2) is 8.54. The highest BCUT2D eigenvalue weighted by atomic mass is 35.5. The smallest absolute Gasteiger partial charge is 0.410 e. The first-order chi connectivity index (χ1) is 14.5. The van der Waals surface area contributed by atoms with Gasteiger partial charge in [-0.2, -0.15) is 10.2 Å². The zero-order valence-corrected chi connectivity index (χ0v) is 16.9. The lowest BCUT2D eigenvalue weighted by molar-refractivity contribution is 0.151. The maximum absolute atomic E-state index is 12.7. The number of aromatic nitrogens is 2. The van der Waals surface area contributed by atoms with Crippen molar-refractivity contribution in [2.24, 2.45) is 5.10 Å². The highest BCUT2D eigenvalue weighted by Crippen LogP contribution is 2.23. The zero-order chi connectivity index (χ0) is 21.1. The lowest BCUT2D eigenvalue weighted by Gasteiger charge is -2.23. The number of methoxy groups -OCH3 is 1. The Bertz CT molecular complexity index is 966. The van der Waals surface area contributed by atoms with Crippen LogP contribution in [0.4, 0.5) is 9.59 Å². The van der Waals surface area contributed by atoms with Crippen LogP contribution in [-0.2, 0) is 11.3 Å². The summed E-state index contributed by atoms with van der Waals surface area (Å²) in [5.74, 6) is 0.391. The van der Waals surface area contributed by atoms with Crippen molar-refractivity contribution in [3.63, 3.8) is 0 Å². The molecule has 2 aromatic rings. The van der Waals surface area contributed by atoms with Gasteiger partial charge in [0, 0.05) is 16.7 Å².